The van der Waals surface area contributed by atoms with E-state index < -0.39 is 0 Å². The zero-order chi connectivity index (χ0) is 12.0. The van der Waals surface area contributed by atoms with E-state index in [0.29, 0.717) is 12.5 Å². The summed E-state index contributed by atoms with van der Waals surface area (Å²) in [7, 11) is 1.72. The number of aromatic nitrogens is 1. The molecule has 1 aromatic rings. The summed E-state index contributed by atoms with van der Waals surface area (Å²) < 4.78 is 5.12. The minimum Gasteiger partial charge on any atom is -0.383 e. The number of rotatable bonds is 7. The number of methoxy groups -OCH3 is 1. The third kappa shape index (κ3) is 4.08. The van der Waals surface area contributed by atoms with Gasteiger partial charge in [-0.3, -0.25) is 0 Å². The minimum absolute atomic E-state index is 0.510. The standard InChI is InChI=1S/C11H21N3OS/c1-9(2)7-14(4-5-15-3)11-13-10(6-12)8-16-11/h8-9H,4-7,12H2,1-3H3. The molecule has 0 saturated carbocycles. The highest BCUT2D eigenvalue weighted by Crippen LogP contribution is 2.21. The van der Waals surface area contributed by atoms with E-state index >= 15 is 0 Å². The second-order valence-corrected chi connectivity index (χ2v) is 4.99. The minimum atomic E-state index is 0.510. The van der Waals surface area contributed by atoms with Gasteiger partial charge in [-0.05, 0) is 5.92 Å². The molecule has 5 heteroatoms. The Morgan fingerprint density at radius 1 is 1.56 bits per heavy atom. The van der Waals surface area contributed by atoms with E-state index in [4.69, 9.17) is 10.5 Å². The fourth-order valence-corrected chi connectivity index (χ4v) is 2.32. The molecule has 1 heterocycles. The molecule has 0 aliphatic carbocycles. The molecule has 4 nitrogen and oxygen atoms in total. The topological polar surface area (TPSA) is 51.4 Å². The Hall–Kier alpha value is -0.650. The third-order valence-electron chi connectivity index (χ3n) is 2.17. The fraction of sp³-hybridized carbons (Fsp3) is 0.727. The van der Waals surface area contributed by atoms with E-state index in [1.807, 2.05) is 5.38 Å². The molecule has 0 spiro atoms. The van der Waals surface area contributed by atoms with Gasteiger partial charge in [0.1, 0.15) is 0 Å². The van der Waals surface area contributed by atoms with Crippen LogP contribution in [0.15, 0.2) is 5.38 Å². The first-order chi connectivity index (χ1) is 7.67. The Morgan fingerprint density at radius 2 is 2.31 bits per heavy atom. The van der Waals surface area contributed by atoms with E-state index in [0.717, 1.165) is 30.5 Å². The summed E-state index contributed by atoms with van der Waals surface area (Å²) in [5, 5.41) is 3.07. The number of nitrogens with zero attached hydrogens (tertiary/aromatic N) is 2. The van der Waals surface area contributed by atoms with E-state index in [2.05, 4.69) is 23.7 Å². The Morgan fingerprint density at radius 3 is 2.81 bits per heavy atom. The lowest BCUT2D eigenvalue weighted by atomic mass is 10.2. The Balaban J connectivity index is 2.66. The van der Waals surface area contributed by atoms with Gasteiger partial charge in [-0.1, -0.05) is 13.8 Å². The lowest BCUT2D eigenvalue weighted by Gasteiger charge is -2.23. The van der Waals surface area contributed by atoms with E-state index in [-0.39, 0.29) is 0 Å². The van der Waals surface area contributed by atoms with Gasteiger partial charge in [0.15, 0.2) is 5.13 Å². The molecule has 0 saturated heterocycles. The molecular weight excluding hydrogens is 222 g/mol. The van der Waals surface area contributed by atoms with Crippen LogP contribution in [0.25, 0.3) is 0 Å². The number of hydrogen-bond donors (Lipinski definition) is 1. The van der Waals surface area contributed by atoms with Gasteiger partial charge in [-0.15, -0.1) is 11.3 Å². The lowest BCUT2D eigenvalue weighted by molar-refractivity contribution is 0.204. The van der Waals surface area contributed by atoms with Crippen LogP contribution in [0.2, 0.25) is 0 Å². The third-order valence-corrected chi connectivity index (χ3v) is 3.12. The number of ether oxygens (including phenoxy) is 1. The van der Waals surface area contributed by atoms with Crippen molar-refractivity contribution in [1.82, 2.24) is 4.98 Å². The first kappa shape index (κ1) is 13.4. The summed E-state index contributed by atoms with van der Waals surface area (Å²) in [4.78, 5) is 6.76. The van der Waals surface area contributed by atoms with Crippen molar-refractivity contribution in [3.63, 3.8) is 0 Å². The summed E-state index contributed by atoms with van der Waals surface area (Å²) in [6.07, 6.45) is 0. The highest BCUT2D eigenvalue weighted by molar-refractivity contribution is 7.13. The van der Waals surface area contributed by atoms with Crippen molar-refractivity contribution in [3.8, 4) is 0 Å². The molecule has 0 atom stereocenters. The van der Waals surface area contributed by atoms with Crippen LogP contribution in [0.4, 0.5) is 5.13 Å². The molecule has 0 aromatic carbocycles. The predicted molar refractivity (Wildman–Crippen MR) is 68.9 cm³/mol. The molecule has 0 bridgehead atoms. The fourth-order valence-electron chi connectivity index (χ4n) is 1.44. The van der Waals surface area contributed by atoms with Gasteiger partial charge in [0.25, 0.3) is 0 Å². The molecule has 0 fully saturated rings. The summed E-state index contributed by atoms with van der Waals surface area (Å²) in [5.41, 5.74) is 6.53. The number of nitrogens with two attached hydrogens (primary N) is 1. The van der Waals surface area contributed by atoms with Crippen molar-refractivity contribution in [2.45, 2.75) is 20.4 Å². The molecule has 0 radical (unpaired) electrons. The van der Waals surface area contributed by atoms with Gasteiger partial charge in [-0.2, -0.15) is 0 Å². The highest BCUT2D eigenvalue weighted by atomic mass is 32.1. The van der Waals surface area contributed by atoms with Gasteiger partial charge >= 0.3 is 0 Å². The SMILES string of the molecule is COCCN(CC(C)C)c1nc(CN)cs1. The first-order valence-corrected chi connectivity index (χ1v) is 6.43. The maximum absolute atomic E-state index is 5.57. The van der Waals surface area contributed by atoms with Crippen molar-refractivity contribution in [2.24, 2.45) is 11.7 Å². The van der Waals surface area contributed by atoms with Crippen molar-refractivity contribution >= 4 is 16.5 Å². The van der Waals surface area contributed by atoms with Crippen molar-refractivity contribution in [2.75, 3.05) is 31.7 Å². The van der Waals surface area contributed by atoms with Crippen molar-refractivity contribution < 1.29 is 4.74 Å². The zero-order valence-electron chi connectivity index (χ0n) is 10.3. The van der Waals surface area contributed by atoms with Crippen LogP contribution >= 0.6 is 11.3 Å². The maximum Gasteiger partial charge on any atom is 0.185 e. The van der Waals surface area contributed by atoms with Gasteiger partial charge in [0.05, 0.1) is 12.3 Å². The van der Waals surface area contributed by atoms with Crippen LogP contribution in [0, 0.1) is 5.92 Å². The lowest BCUT2D eigenvalue weighted by Crippen LogP contribution is -2.30. The van der Waals surface area contributed by atoms with Crippen LogP contribution < -0.4 is 10.6 Å². The number of hydrogen-bond acceptors (Lipinski definition) is 5. The molecule has 2 N–H and O–H groups in total. The molecule has 0 unspecified atom stereocenters. The van der Waals surface area contributed by atoms with Gasteiger partial charge in [-0.25, -0.2) is 4.98 Å². The van der Waals surface area contributed by atoms with Crippen LogP contribution in [0.5, 0.6) is 0 Å². The second-order valence-electron chi connectivity index (χ2n) is 4.16. The van der Waals surface area contributed by atoms with Crippen molar-refractivity contribution in [3.05, 3.63) is 11.1 Å². The Kier molecular flexibility index (Phi) is 5.73. The van der Waals surface area contributed by atoms with E-state index in [1.165, 1.54) is 0 Å². The first-order valence-electron chi connectivity index (χ1n) is 5.55. The average Bonchev–Trinajstić information content (AvgIpc) is 2.72. The van der Waals surface area contributed by atoms with Gasteiger partial charge < -0.3 is 15.4 Å². The molecule has 1 aromatic heterocycles. The number of anilines is 1. The van der Waals surface area contributed by atoms with Crippen LogP contribution in [0.3, 0.4) is 0 Å². The normalized spacial score (nSPS) is 11.1. The summed E-state index contributed by atoms with van der Waals surface area (Å²) in [5.74, 6) is 0.613. The van der Waals surface area contributed by atoms with Gasteiger partial charge in [0.2, 0.25) is 0 Å². The summed E-state index contributed by atoms with van der Waals surface area (Å²) in [6.45, 7) is 7.53. The molecule has 92 valence electrons. The average molecular weight is 243 g/mol. The van der Waals surface area contributed by atoms with Gasteiger partial charge in [0, 0.05) is 32.1 Å². The van der Waals surface area contributed by atoms with E-state index in [1.54, 1.807) is 18.4 Å². The maximum atomic E-state index is 5.57. The molecule has 0 amide bonds. The van der Waals surface area contributed by atoms with Crippen molar-refractivity contribution in [1.29, 1.82) is 0 Å². The Labute approximate surface area is 101 Å². The quantitative estimate of drug-likeness (QED) is 0.792. The molecule has 0 aliphatic rings. The predicted octanol–water partition coefficient (Wildman–Crippen LogP) is 1.71. The highest BCUT2D eigenvalue weighted by Gasteiger charge is 2.12. The van der Waals surface area contributed by atoms with Crippen LogP contribution in [0.1, 0.15) is 19.5 Å². The molecule has 16 heavy (non-hydrogen) atoms. The molecule has 0 aliphatic heterocycles. The monoisotopic (exact) mass is 243 g/mol. The van der Waals surface area contributed by atoms with E-state index in [9.17, 15) is 0 Å². The van der Waals surface area contributed by atoms with Crippen LogP contribution in [-0.2, 0) is 11.3 Å². The number of thiazole rings is 1. The smallest absolute Gasteiger partial charge is 0.185 e. The molecule has 1 rings (SSSR count). The Bertz CT molecular complexity index is 301. The van der Waals surface area contributed by atoms with Crippen LogP contribution in [-0.4, -0.2) is 31.8 Å². The largest absolute Gasteiger partial charge is 0.383 e. The molecular formula is C11H21N3OS. The second kappa shape index (κ2) is 6.83. The summed E-state index contributed by atoms with van der Waals surface area (Å²) in [6, 6.07) is 0. The zero-order valence-corrected chi connectivity index (χ0v) is 11.1. The summed E-state index contributed by atoms with van der Waals surface area (Å²) >= 11 is 1.65.